The monoisotopic (exact) mass is 188 g/mol. The predicted octanol–water partition coefficient (Wildman–Crippen LogP) is 1.65. The minimum Gasteiger partial charge on any atom is -0.468 e. The molecule has 0 spiro atoms. The van der Waals surface area contributed by atoms with Crippen molar-refractivity contribution >= 4 is 39.2 Å². The zero-order valence-corrected chi connectivity index (χ0v) is 7.09. The molecule has 0 N–H and O–H groups in total. The van der Waals surface area contributed by atoms with E-state index in [0.717, 1.165) is 11.0 Å². The van der Waals surface area contributed by atoms with E-state index < -0.39 is 11.3 Å². The summed E-state index contributed by atoms with van der Waals surface area (Å²) in [7, 11) is 7.50. The standard InChI is InChI=1S/C4H6Cl2O2S/c1-8-4(7)3(5)2-9-6/h3H,2H2,1H3. The van der Waals surface area contributed by atoms with Crippen molar-refractivity contribution in [3.8, 4) is 0 Å². The minimum absolute atomic E-state index is 0.371. The summed E-state index contributed by atoms with van der Waals surface area (Å²) in [6.45, 7) is 0. The first-order valence-electron chi connectivity index (χ1n) is 2.17. The number of hydrogen-bond donors (Lipinski definition) is 0. The number of carbonyl (C=O) groups is 1. The molecule has 0 aliphatic rings. The molecule has 0 fully saturated rings. The Morgan fingerprint density at radius 2 is 2.44 bits per heavy atom. The lowest BCUT2D eigenvalue weighted by atomic mass is 10.5. The van der Waals surface area contributed by atoms with Gasteiger partial charge in [0.2, 0.25) is 0 Å². The van der Waals surface area contributed by atoms with E-state index in [-0.39, 0.29) is 0 Å². The molecule has 1 atom stereocenters. The highest BCUT2D eigenvalue weighted by Crippen LogP contribution is 2.12. The van der Waals surface area contributed by atoms with Gasteiger partial charge in [0, 0.05) is 5.75 Å². The van der Waals surface area contributed by atoms with E-state index in [9.17, 15) is 4.79 Å². The summed E-state index contributed by atoms with van der Waals surface area (Å²) in [6.07, 6.45) is 0. The van der Waals surface area contributed by atoms with Crippen LogP contribution in [-0.2, 0) is 9.53 Å². The number of alkyl halides is 1. The van der Waals surface area contributed by atoms with E-state index in [1.807, 2.05) is 0 Å². The van der Waals surface area contributed by atoms with Crippen molar-refractivity contribution in [2.75, 3.05) is 12.9 Å². The fourth-order valence-electron chi connectivity index (χ4n) is 0.251. The first kappa shape index (κ1) is 9.40. The van der Waals surface area contributed by atoms with Crippen molar-refractivity contribution in [3.63, 3.8) is 0 Å². The highest BCUT2D eigenvalue weighted by Gasteiger charge is 2.14. The number of methoxy groups -OCH3 is 1. The highest BCUT2D eigenvalue weighted by molar-refractivity contribution is 8.21. The van der Waals surface area contributed by atoms with Crippen molar-refractivity contribution in [2.45, 2.75) is 5.38 Å². The zero-order valence-electron chi connectivity index (χ0n) is 4.77. The third-order valence-electron chi connectivity index (χ3n) is 0.666. The van der Waals surface area contributed by atoms with Crippen LogP contribution >= 0.6 is 33.3 Å². The molecule has 0 rings (SSSR count). The predicted molar refractivity (Wildman–Crippen MR) is 40.0 cm³/mol. The Morgan fingerprint density at radius 3 is 2.78 bits per heavy atom. The maximum atomic E-state index is 10.5. The Balaban J connectivity index is 3.45. The number of halogens is 2. The SMILES string of the molecule is COC(=O)C(Cl)CSCl. The first-order chi connectivity index (χ1) is 4.22. The molecule has 9 heavy (non-hydrogen) atoms. The molecular formula is C4H6Cl2O2S. The van der Waals surface area contributed by atoms with Crippen LogP contribution < -0.4 is 0 Å². The molecule has 0 aliphatic carbocycles. The second-order valence-corrected chi connectivity index (χ2v) is 3.00. The van der Waals surface area contributed by atoms with E-state index in [2.05, 4.69) is 4.74 Å². The third kappa shape index (κ3) is 3.89. The smallest absolute Gasteiger partial charge is 0.324 e. The van der Waals surface area contributed by atoms with Crippen LogP contribution in [0, 0.1) is 0 Å². The molecule has 0 aromatic heterocycles. The summed E-state index contributed by atoms with van der Waals surface area (Å²) in [4.78, 5) is 10.5. The van der Waals surface area contributed by atoms with Gasteiger partial charge < -0.3 is 4.74 Å². The second-order valence-electron chi connectivity index (χ2n) is 1.27. The Hall–Kier alpha value is 0.400. The fraction of sp³-hybridized carbons (Fsp3) is 0.750. The van der Waals surface area contributed by atoms with Crippen LogP contribution in [0.3, 0.4) is 0 Å². The average molecular weight is 189 g/mol. The van der Waals surface area contributed by atoms with Gasteiger partial charge in [0.1, 0.15) is 5.38 Å². The van der Waals surface area contributed by atoms with Gasteiger partial charge in [-0.3, -0.25) is 4.79 Å². The van der Waals surface area contributed by atoms with E-state index >= 15 is 0 Å². The van der Waals surface area contributed by atoms with Gasteiger partial charge in [0.05, 0.1) is 7.11 Å². The lowest BCUT2D eigenvalue weighted by Gasteiger charge is -2.01. The lowest BCUT2D eigenvalue weighted by Crippen LogP contribution is -2.17. The number of esters is 1. The number of rotatable bonds is 3. The molecule has 1 unspecified atom stereocenters. The maximum Gasteiger partial charge on any atom is 0.324 e. The zero-order chi connectivity index (χ0) is 7.28. The Bertz CT molecular complexity index is 98.6. The van der Waals surface area contributed by atoms with Gasteiger partial charge in [0.25, 0.3) is 0 Å². The summed E-state index contributed by atoms with van der Waals surface area (Å²) in [6, 6.07) is 0. The van der Waals surface area contributed by atoms with Gasteiger partial charge in [-0.25, -0.2) is 0 Å². The summed E-state index contributed by atoms with van der Waals surface area (Å²) in [5.74, 6) is -0.0692. The van der Waals surface area contributed by atoms with Crippen molar-refractivity contribution in [1.82, 2.24) is 0 Å². The fourth-order valence-corrected chi connectivity index (χ4v) is 1.35. The number of carbonyl (C=O) groups excluding carboxylic acids is 1. The van der Waals surface area contributed by atoms with Crippen LogP contribution in [0.25, 0.3) is 0 Å². The van der Waals surface area contributed by atoms with E-state index in [1.54, 1.807) is 0 Å². The molecule has 5 heteroatoms. The molecular weight excluding hydrogens is 183 g/mol. The molecule has 0 radical (unpaired) electrons. The lowest BCUT2D eigenvalue weighted by molar-refractivity contribution is -0.139. The van der Waals surface area contributed by atoms with Crippen molar-refractivity contribution in [1.29, 1.82) is 0 Å². The first-order valence-corrected chi connectivity index (χ1v) is 4.42. The quantitative estimate of drug-likeness (QED) is 0.498. The van der Waals surface area contributed by atoms with Gasteiger partial charge in [-0.2, -0.15) is 0 Å². The number of hydrogen-bond acceptors (Lipinski definition) is 3. The van der Waals surface area contributed by atoms with Gasteiger partial charge in [0.15, 0.2) is 0 Å². The Labute approximate surface area is 67.3 Å². The van der Waals surface area contributed by atoms with Gasteiger partial charge >= 0.3 is 5.97 Å². The molecule has 0 saturated heterocycles. The summed E-state index contributed by atoms with van der Waals surface area (Å²) >= 11 is 5.45. The molecule has 0 heterocycles. The normalized spacial score (nSPS) is 12.8. The maximum absolute atomic E-state index is 10.5. The molecule has 0 bridgehead atoms. The van der Waals surface area contributed by atoms with Crippen LogP contribution in [0.5, 0.6) is 0 Å². The van der Waals surface area contributed by atoms with E-state index in [4.69, 9.17) is 22.3 Å². The molecule has 54 valence electrons. The van der Waals surface area contributed by atoms with Gasteiger partial charge in [-0.15, -0.1) is 11.6 Å². The second kappa shape index (κ2) is 5.21. The molecule has 0 aromatic rings. The average Bonchev–Trinajstić information content (AvgIpc) is 1.87. The Kier molecular flexibility index (Phi) is 5.44. The molecule has 0 aliphatic heterocycles. The van der Waals surface area contributed by atoms with Crippen LogP contribution in [0.1, 0.15) is 0 Å². The van der Waals surface area contributed by atoms with E-state index in [0.29, 0.717) is 5.75 Å². The molecule has 0 aromatic carbocycles. The molecule has 2 nitrogen and oxygen atoms in total. The largest absolute Gasteiger partial charge is 0.468 e. The summed E-state index contributed by atoms with van der Waals surface area (Å²) in [5.41, 5.74) is 0. The van der Waals surface area contributed by atoms with Crippen LogP contribution in [0.15, 0.2) is 0 Å². The summed E-state index contributed by atoms with van der Waals surface area (Å²) in [5, 5.41) is -0.627. The van der Waals surface area contributed by atoms with Gasteiger partial charge in [-0.1, -0.05) is 11.0 Å². The van der Waals surface area contributed by atoms with Crippen molar-refractivity contribution < 1.29 is 9.53 Å². The van der Waals surface area contributed by atoms with Crippen LogP contribution in [0.4, 0.5) is 0 Å². The van der Waals surface area contributed by atoms with Gasteiger partial charge in [-0.05, 0) is 10.7 Å². The highest BCUT2D eigenvalue weighted by atomic mass is 35.7. The van der Waals surface area contributed by atoms with Crippen LogP contribution in [0.2, 0.25) is 0 Å². The number of ether oxygens (including phenoxy) is 1. The topological polar surface area (TPSA) is 26.3 Å². The Morgan fingerprint density at radius 1 is 1.89 bits per heavy atom. The van der Waals surface area contributed by atoms with E-state index in [1.165, 1.54) is 7.11 Å². The summed E-state index contributed by atoms with van der Waals surface area (Å²) < 4.78 is 4.32. The molecule has 0 amide bonds. The van der Waals surface area contributed by atoms with Crippen LogP contribution in [-0.4, -0.2) is 24.2 Å². The van der Waals surface area contributed by atoms with Crippen molar-refractivity contribution in [2.24, 2.45) is 0 Å². The van der Waals surface area contributed by atoms with Crippen molar-refractivity contribution in [3.05, 3.63) is 0 Å². The molecule has 0 saturated carbocycles. The minimum atomic E-state index is -0.627. The third-order valence-corrected chi connectivity index (χ3v) is 2.02.